The maximum absolute atomic E-state index is 12.5. The third kappa shape index (κ3) is 2.55. The zero-order valence-electron chi connectivity index (χ0n) is 11.7. The second kappa shape index (κ2) is 5.42. The number of nitrogens with zero attached hydrogens (tertiary/aromatic N) is 3. The van der Waals surface area contributed by atoms with Crippen LogP contribution in [0.2, 0.25) is 0 Å². The van der Waals surface area contributed by atoms with E-state index in [0.717, 1.165) is 11.4 Å². The lowest BCUT2D eigenvalue weighted by Gasteiger charge is -2.07. The SMILES string of the molecule is O=C(Nc1ccnn1CC1CC1)c1ncoc1-c1cccs1. The molecule has 1 aliphatic carbocycles. The highest BCUT2D eigenvalue weighted by molar-refractivity contribution is 7.13. The summed E-state index contributed by atoms with van der Waals surface area (Å²) in [5, 5.41) is 9.07. The van der Waals surface area contributed by atoms with Crippen molar-refractivity contribution in [1.82, 2.24) is 14.8 Å². The molecule has 0 aliphatic heterocycles. The zero-order valence-corrected chi connectivity index (χ0v) is 12.5. The first-order valence-electron chi connectivity index (χ1n) is 7.12. The van der Waals surface area contributed by atoms with Gasteiger partial charge >= 0.3 is 0 Å². The highest BCUT2D eigenvalue weighted by Crippen LogP contribution is 2.31. The molecule has 3 heterocycles. The first-order chi connectivity index (χ1) is 10.8. The van der Waals surface area contributed by atoms with Gasteiger partial charge in [-0.3, -0.25) is 4.79 Å². The molecule has 0 spiro atoms. The van der Waals surface area contributed by atoms with Gasteiger partial charge in [-0.05, 0) is 30.2 Å². The molecule has 7 heteroatoms. The number of thiophene rings is 1. The van der Waals surface area contributed by atoms with Gasteiger partial charge in [0.15, 0.2) is 17.8 Å². The third-order valence-electron chi connectivity index (χ3n) is 3.61. The lowest BCUT2D eigenvalue weighted by Crippen LogP contribution is -2.17. The summed E-state index contributed by atoms with van der Waals surface area (Å²) < 4.78 is 7.20. The molecule has 0 aromatic carbocycles. The van der Waals surface area contributed by atoms with Crippen molar-refractivity contribution < 1.29 is 9.21 Å². The van der Waals surface area contributed by atoms with E-state index in [2.05, 4.69) is 15.4 Å². The Balaban J connectivity index is 1.56. The highest BCUT2D eigenvalue weighted by atomic mass is 32.1. The van der Waals surface area contributed by atoms with Crippen LogP contribution < -0.4 is 5.32 Å². The monoisotopic (exact) mass is 314 g/mol. The molecule has 1 amide bonds. The van der Waals surface area contributed by atoms with Gasteiger partial charge < -0.3 is 9.73 Å². The molecule has 0 bridgehead atoms. The summed E-state index contributed by atoms with van der Waals surface area (Å²) in [4.78, 5) is 17.4. The Morgan fingerprint density at radius 2 is 2.36 bits per heavy atom. The minimum absolute atomic E-state index is 0.283. The first-order valence-corrected chi connectivity index (χ1v) is 8.00. The van der Waals surface area contributed by atoms with E-state index in [9.17, 15) is 4.79 Å². The molecule has 6 nitrogen and oxygen atoms in total. The van der Waals surface area contributed by atoms with Crippen molar-refractivity contribution in [3.8, 4) is 10.6 Å². The molecular formula is C15H14N4O2S. The molecule has 0 saturated heterocycles. The lowest BCUT2D eigenvalue weighted by molar-refractivity contribution is 0.102. The van der Waals surface area contributed by atoms with Gasteiger partial charge in [-0.2, -0.15) is 5.10 Å². The summed E-state index contributed by atoms with van der Waals surface area (Å²) in [5.74, 6) is 1.59. The van der Waals surface area contributed by atoms with Gasteiger partial charge in [-0.15, -0.1) is 11.3 Å². The van der Waals surface area contributed by atoms with Crippen LogP contribution in [0.25, 0.3) is 10.6 Å². The molecule has 3 aromatic heterocycles. The van der Waals surface area contributed by atoms with Crippen LogP contribution in [0.3, 0.4) is 0 Å². The fourth-order valence-electron chi connectivity index (χ4n) is 2.30. The highest BCUT2D eigenvalue weighted by Gasteiger charge is 2.24. The van der Waals surface area contributed by atoms with Gasteiger partial charge in [0, 0.05) is 12.6 Å². The smallest absolute Gasteiger partial charge is 0.279 e. The number of carbonyl (C=O) groups is 1. The van der Waals surface area contributed by atoms with Crippen LogP contribution in [-0.2, 0) is 6.54 Å². The van der Waals surface area contributed by atoms with Crippen LogP contribution in [-0.4, -0.2) is 20.7 Å². The van der Waals surface area contributed by atoms with E-state index in [4.69, 9.17) is 4.42 Å². The summed E-state index contributed by atoms with van der Waals surface area (Å²) in [6.07, 6.45) is 5.46. The average molecular weight is 314 g/mol. The number of hydrogen-bond acceptors (Lipinski definition) is 5. The molecule has 1 N–H and O–H groups in total. The van der Waals surface area contributed by atoms with Crippen molar-refractivity contribution in [3.05, 3.63) is 41.9 Å². The largest absolute Gasteiger partial charge is 0.442 e. The van der Waals surface area contributed by atoms with E-state index in [-0.39, 0.29) is 5.91 Å². The number of hydrogen-bond donors (Lipinski definition) is 1. The molecule has 1 saturated carbocycles. The molecule has 1 aliphatic rings. The van der Waals surface area contributed by atoms with E-state index in [1.165, 1.54) is 30.6 Å². The van der Waals surface area contributed by atoms with Gasteiger partial charge in [-0.1, -0.05) is 6.07 Å². The topological polar surface area (TPSA) is 73.0 Å². The van der Waals surface area contributed by atoms with Crippen molar-refractivity contribution >= 4 is 23.1 Å². The van der Waals surface area contributed by atoms with Crippen LogP contribution in [0, 0.1) is 5.92 Å². The van der Waals surface area contributed by atoms with E-state index < -0.39 is 0 Å². The minimum atomic E-state index is -0.283. The van der Waals surface area contributed by atoms with Crippen molar-refractivity contribution in [2.45, 2.75) is 19.4 Å². The number of nitrogens with one attached hydrogen (secondary N) is 1. The summed E-state index contributed by atoms with van der Waals surface area (Å²) in [6, 6.07) is 5.61. The Bertz CT molecular complexity index is 786. The number of carbonyl (C=O) groups excluding carboxylic acids is 1. The number of amides is 1. The zero-order chi connectivity index (χ0) is 14.9. The molecule has 0 atom stereocenters. The molecule has 0 radical (unpaired) electrons. The van der Waals surface area contributed by atoms with Crippen LogP contribution in [0.5, 0.6) is 0 Å². The van der Waals surface area contributed by atoms with Gasteiger partial charge in [0.05, 0.1) is 11.1 Å². The minimum Gasteiger partial charge on any atom is -0.442 e. The number of rotatable bonds is 5. The summed E-state index contributed by atoms with van der Waals surface area (Å²) >= 11 is 1.51. The van der Waals surface area contributed by atoms with Crippen LogP contribution in [0.4, 0.5) is 5.82 Å². The Hall–Kier alpha value is -2.41. The Labute approximate surface area is 130 Å². The van der Waals surface area contributed by atoms with Gasteiger partial charge in [0.2, 0.25) is 0 Å². The predicted octanol–water partition coefficient (Wildman–Crippen LogP) is 3.26. The maximum Gasteiger partial charge on any atom is 0.279 e. The fraction of sp³-hybridized carbons (Fsp3) is 0.267. The van der Waals surface area contributed by atoms with Gasteiger partial charge in [-0.25, -0.2) is 9.67 Å². The van der Waals surface area contributed by atoms with E-state index in [1.54, 1.807) is 12.3 Å². The number of aromatic nitrogens is 3. The molecule has 1 fully saturated rings. The fourth-order valence-corrected chi connectivity index (χ4v) is 3.01. The maximum atomic E-state index is 12.5. The second-order valence-electron chi connectivity index (χ2n) is 5.30. The van der Waals surface area contributed by atoms with Crippen molar-refractivity contribution in [2.75, 3.05) is 5.32 Å². The molecule has 112 valence electrons. The summed E-state index contributed by atoms with van der Waals surface area (Å²) in [6.45, 7) is 0.846. The van der Waals surface area contributed by atoms with Crippen molar-refractivity contribution in [2.24, 2.45) is 5.92 Å². The second-order valence-corrected chi connectivity index (χ2v) is 6.25. The Morgan fingerprint density at radius 1 is 1.45 bits per heavy atom. The van der Waals surface area contributed by atoms with Crippen molar-refractivity contribution in [1.29, 1.82) is 0 Å². The lowest BCUT2D eigenvalue weighted by atomic mass is 10.3. The van der Waals surface area contributed by atoms with Gasteiger partial charge in [0.25, 0.3) is 5.91 Å². The third-order valence-corrected chi connectivity index (χ3v) is 4.48. The van der Waals surface area contributed by atoms with Crippen LogP contribution >= 0.6 is 11.3 Å². The van der Waals surface area contributed by atoms with Crippen molar-refractivity contribution in [3.63, 3.8) is 0 Å². The first kappa shape index (κ1) is 13.3. The summed E-state index contributed by atoms with van der Waals surface area (Å²) in [7, 11) is 0. The number of oxazole rings is 1. The standard InChI is InChI=1S/C15H14N4O2S/c20-15(13-14(21-9-16-13)11-2-1-7-22-11)18-12-5-6-17-19(12)8-10-3-4-10/h1-2,5-7,9-10H,3-4,8H2,(H,18,20). The molecule has 22 heavy (non-hydrogen) atoms. The number of anilines is 1. The average Bonchev–Trinajstić information content (AvgIpc) is 2.96. The van der Waals surface area contributed by atoms with Crippen LogP contribution in [0.15, 0.2) is 40.6 Å². The molecule has 3 aromatic rings. The Morgan fingerprint density at radius 3 is 3.14 bits per heavy atom. The van der Waals surface area contributed by atoms with E-state index in [0.29, 0.717) is 23.2 Å². The molecular weight excluding hydrogens is 300 g/mol. The Kier molecular flexibility index (Phi) is 3.27. The summed E-state index contributed by atoms with van der Waals surface area (Å²) in [5.41, 5.74) is 0.293. The molecule has 0 unspecified atom stereocenters. The van der Waals surface area contributed by atoms with E-state index in [1.807, 2.05) is 22.2 Å². The predicted molar refractivity (Wildman–Crippen MR) is 82.7 cm³/mol. The van der Waals surface area contributed by atoms with Crippen LogP contribution in [0.1, 0.15) is 23.3 Å². The molecule has 4 rings (SSSR count). The quantitative estimate of drug-likeness (QED) is 0.784. The van der Waals surface area contributed by atoms with E-state index >= 15 is 0 Å². The normalized spacial score (nSPS) is 14.2. The van der Waals surface area contributed by atoms with Gasteiger partial charge in [0.1, 0.15) is 5.82 Å².